The van der Waals surface area contributed by atoms with E-state index in [1.807, 2.05) is 18.2 Å². The zero-order chi connectivity index (χ0) is 15.9. The maximum absolute atomic E-state index is 12.1. The number of amides is 2. The summed E-state index contributed by atoms with van der Waals surface area (Å²) in [5.74, 6) is -0.0183. The molecule has 7 nitrogen and oxygen atoms in total. The normalized spacial score (nSPS) is 12.6. The first-order chi connectivity index (χ1) is 10.5. The molecule has 0 unspecified atom stereocenters. The molecule has 0 saturated carbocycles. The molecule has 1 aliphatic heterocycles. The van der Waals surface area contributed by atoms with Crippen LogP contribution in [0.3, 0.4) is 0 Å². The van der Waals surface area contributed by atoms with Crippen molar-refractivity contribution in [2.75, 3.05) is 13.7 Å². The Bertz CT molecular complexity index is 785. The molecule has 2 aromatic rings. The number of nitrogens with one attached hydrogen (secondary N) is 1. The van der Waals surface area contributed by atoms with Crippen LogP contribution in [0.15, 0.2) is 22.7 Å². The molecule has 8 heteroatoms. The summed E-state index contributed by atoms with van der Waals surface area (Å²) in [7, 11) is 1.49. The van der Waals surface area contributed by atoms with Crippen LogP contribution in [-0.4, -0.2) is 35.0 Å². The van der Waals surface area contributed by atoms with Gasteiger partial charge in [-0.2, -0.15) is 0 Å². The lowest BCUT2D eigenvalue weighted by molar-refractivity contribution is 0.0933. The van der Waals surface area contributed by atoms with Crippen molar-refractivity contribution in [3.05, 3.63) is 34.1 Å². The first-order valence-electron chi connectivity index (χ1n) is 6.58. The molecule has 22 heavy (non-hydrogen) atoms. The highest BCUT2D eigenvalue weighted by Gasteiger charge is 2.29. The summed E-state index contributed by atoms with van der Waals surface area (Å²) in [5, 5.41) is 2.51. The standard InChI is InChI=1S/C14H13BrN4O3/c1-17-14(21)11-10(12(16)20)18-13-8-6-7(15)2-3-9(8)22-5-4-19(11)13/h2-3,6H,4-5H2,1H3,(H2,16,20)(H,17,21). The van der Waals surface area contributed by atoms with Crippen LogP contribution in [0.25, 0.3) is 11.4 Å². The summed E-state index contributed by atoms with van der Waals surface area (Å²) >= 11 is 3.40. The highest BCUT2D eigenvalue weighted by molar-refractivity contribution is 9.10. The fourth-order valence-corrected chi connectivity index (χ4v) is 2.81. The molecule has 1 aromatic heterocycles. The average Bonchev–Trinajstić information content (AvgIpc) is 2.79. The highest BCUT2D eigenvalue weighted by atomic mass is 79.9. The summed E-state index contributed by atoms with van der Waals surface area (Å²) < 4.78 is 8.19. The van der Waals surface area contributed by atoms with Crippen molar-refractivity contribution in [3.8, 4) is 17.1 Å². The Labute approximate surface area is 134 Å². The second-order valence-electron chi connectivity index (χ2n) is 4.72. The van der Waals surface area contributed by atoms with Gasteiger partial charge in [0.05, 0.1) is 12.1 Å². The molecule has 0 radical (unpaired) electrons. The largest absolute Gasteiger partial charge is 0.491 e. The Kier molecular flexibility index (Phi) is 3.61. The van der Waals surface area contributed by atoms with Gasteiger partial charge in [0.1, 0.15) is 23.9 Å². The van der Waals surface area contributed by atoms with Crippen molar-refractivity contribution in [2.45, 2.75) is 6.54 Å². The number of nitrogens with two attached hydrogens (primary N) is 1. The number of benzene rings is 1. The van der Waals surface area contributed by atoms with Gasteiger partial charge >= 0.3 is 0 Å². The van der Waals surface area contributed by atoms with Gasteiger partial charge in [-0.25, -0.2) is 4.98 Å². The number of ether oxygens (including phenoxy) is 1. The number of carbonyl (C=O) groups excluding carboxylic acids is 2. The van der Waals surface area contributed by atoms with Gasteiger partial charge in [-0.3, -0.25) is 9.59 Å². The molecule has 0 saturated heterocycles. The van der Waals surface area contributed by atoms with Gasteiger partial charge in [-0.1, -0.05) is 15.9 Å². The summed E-state index contributed by atoms with van der Waals surface area (Å²) in [5.41, 5.74) is 6.19. The van der Waals surface area contributed by atoms with E-state index in [2.05, 4.69) is 26.2 Å². The number of fused-ring (bicyclic) bond motifs is 3. The smallest absolute Gasteiger partial charge is 0.270 e. The molecule has 0 fully saturated rings. The van der Waals surface area contributed by atoms with Crippen LogP contribution < -0.4 is 15.8 Å². The average molecular weight is 365 g/mol. The molecule has 3 rings (SSSR count). The third-order valence-electron chi connectivity index (χ3n) is 3.40. The van der Waals surface area contributed by atoms with E-state index >= 15 is 0 Å². The van der Waals surface area contributed by atoms with Crippen molar-refractivity contribution >= 4 is 27.7 Å². The molecule has 1 aromatic carbocycles. The van der Waals surface area contributed by atoms with Crippen LogP contribution in [0.5, 0.6) is 5.75 Å². The molecular weight excluding hydrogens is 352 g/mol. The quantitative estimate of drug-likeness (QED) is 0.834. The third-order valence-corrected chi connectivity index (χ3v) is 3.89. The Balaban J connectivity index is 2.31. The van der Waals surface area contributed by atoms with Gasteiger partial charge in [0.2, 0.25) is 0 Å². The lowest BCUT2D eigenvalue weighted by atomic mass is 10.2. The molecule has 3 N–H and O–H groups in total. The van der Waals surface area contributed by atoms with E-state index in [9.17, 15) is 9.59 Å². The van der Waals surface area contributed by atoms with Gasteiger partial charge in [0, 0.05) is 11.5 Å². The summed E-state index contributed by atoms with van der Waals surface area (Å²) in [6, 6.07) is 5.50. The van der Waals surface area contributed by atoms with E-state index in [4.69, 9.17) is 10.5 Å². The zero-order valence-corrected chi connectivity index (χ0v) is 13.3. The number of carbonyl (C=O) groups is 2. The number of halogens is 1. The van der Waals surface area contributed by atoms with Crippen LogP contribution in [0.2, 0.25) is 0 Å². The van der Waals surface area contributed by atoms with Crippen molar-refractivity contribution in [3.63, 3.8) is 0 Å². The Morgan fingerprint density at radius 2 is 2.23 bits per heavy atom. The van der Waals surface area contributed by atoms with Crippen molar-refractivity contribution < 1.29 is 14.3 Å². The topological polar surface area (TPSA) is 99.2 Å². The van der Waals surface area contributed by atoms with Crippen LogP contribution >= 0.6 is 15.9 Å². The summed E-state index contributed by atoms with van der Waals surface area (Å²) in [6.45, 7) is 0.755. The molecular formula is C14H13BrN4O3. The van der Waals surface area contributed by atoms with Crippen molar-refractivity contribution in [1.29, 1.82) is 0 Å². The van der Waals surface area contributed by atoms with E-state index in [-0.39, 0.29) is 11.4 Å². The van der Waals surface area contributed by atoms with Gasteiger partial charge in [0.15, 0.2) is 5.69 Å². The van der Waals surface area contributed by atoms with Gasteiger partial charge in [-0.15, -0.1) is 0 Å². The lowest BCUT2D eigenvalue weighted by Gasteiger charge is -2.07. The minimum Gasteiger partial charge on any atom is -0.491 e. The number of nitrogens with zero attached hydrogens (tertiary/aromatic N) is 2. The van der Waals surface area contributed by atoms with Crippen LogP contribution in [0, 0.1) is 0 Å². The summed E-state index contributed by atoms with van der Waals surface area (Å²) in [6.07, 6.45) is 0. The Morgan fingerprint density at radius 1 is 1.45 bits per heavy atom. The second kappa shape index (κ2) is 5.45. The van der Waals surface area contributed by atoms with Crippen LogP contribution in [-0.2, 0) is 6.54 Å². The van der Waals surface area contributed by atoms with Crippen molar-refractivity contribution in [2.24, 2.45) is 5.73 Å². The molecule has 0 atom stereocenters. The maximum atomic E-state index is 12.1. The van der Waals surface area contributed by atoms with E-state index in [1.165, 1.54) is 7.05 Å². The highest BCUT2D eigenvalue weighted by Crippen LogP contribution is 2.35. The number of primary amides is 1. The molecule has 0 spiro atoms. The van der Waals surface area contributed by atoms with Crippen molar-refractivity contribution in [1.82, 2.24) is 14.9 Å². The monoisotopic (exact) mass is 364 g/mol. The first kappa shape index (κ1) is 14.6. The third kappa shape index (κ3) is 2.25. The predicted octanol–water partition coefficient (Wildman–Crippen LogP) is 1.16. The number of aromatic nitrogens is 2. The first-order valence-corrected chi connectivity index (χ1v) is 7.37. The van der Waals surface area contributed by atoms with Crippen LogP contribution in [0.1, 0.15) is 21.0 Å². The molecule has 114 valence electrons. The van der Waals surface area contributed by atoms with E-state index in [0.717, 1.165) is 4.47 Å². The Hall–Kier alpha value is -2.35. The predicted molar refractivity (Wildman–Crippen MR) is 82.8 cm³/mol. The van der Waals surface area contributed by atoms with Gasteiger partial charge in [-0.05, 0) is 18.2 Å². The maximum Gasteiger partial charge on any atom is 0.270 e. The number of hydrogen-bond donors (Lipinski definition) is 2. The fraction of sp³-hybridized carbons (Fsp3) is 0.214. The van der Waals surface area contributed by atoms with E-state index in [0.29, 0.717) is 30.3 Å². The van der Waals surface area contributed by atoms with E-state index < -0.39 is 11.8 Å². The summed E-state index contributed by atoms with van der Waals surface area (Å²) in [4.78, 5) is 28.1. The SMILES string of the molecule is CNC(=O)c1c(C(N)=O)nc2n1CCOc1ccc(Br)cc1-2. The lowest BCUT2D eigenvalue weighted by Crippen LogP contribution is -2.26. The Morgan fingerprint density at radius 3 is 2.91 bits per heavy atom. The zero-order valence-electron chi connectivity index (χ0n) is 11.7. The number of rotatable bonds is 2. The molecule has 0 bridgehead atoms. The molecule has 2 amide bonds. The molecule has 1 aliphatic rings. The minimum absolute atomic E-state index is 0.0397. The molecule has 0 aliphatic carbocycles. The number of hydrogen-bond acceptors (Lipinski definition) is 4. The van der Waals surface area contributed by atoms with Gasteiger partial charge < -0.3 is 20.4 Å². The number of imidazole rings is 1. The fourth-order valence-electron chi connectivity index (χ4n) is 2.45. The second-order valence-corrected chi connectivity index (χ2v) is 5.63. The molecule has 2 heterocycles. The van der Waals surface area contributed by atoms with E-state index in [1.54, 1.807) is 4.57 Å². The minimum atomic E-state index is -0.739. The van der Waals surface area contributed by atoms with Crippen LogP contribution in [0.4, 0.5) is 0 Å². The van der Waals surface area contributed by atoms with Gasteiger partial charge in [0.25, 0.3) is 11.8 Å².